The van der Waals surface area contributed by atoms with E-state index in [4.69, 9.17) is 15.4 Å². The molecule has 110 valence electrons. The number of benzene rings is 2. The van der Waals surface area contributed by atoms with Crippen molar-refractivity contribution in [1.29, 1.82) is 0 Å². The lowest BCUT2D eigenvalue weighted by Gasteiger charge is -2.09. The van der Waals surface area contributed by atoms with E-state index in [1.165, 1.54) is 18.2 Å². The lowest BCUT2D eigenvalue weighted by Crippen LogP contribution is -2.06. The molecule has 2 aromatic rings. The average Bonchev–Trinajstić information content (AvgIpc) is 2.47. The highest BCUT2D eigenvalue weighted by Crippen LogP contribution is 2.30. The first-order valence-electron chi connectivity index (χ1n) is 6.24. The maximum absolute atomic E-state index is 11.8. The zero-order valence-electron chi connectivity index (χ0n) is 11.2. The van der Waals surface area contributed by atoms with E-state index in [1.54, 1.807) is 31.2 Å². The van der Waals surface area contributed by atoms with E-state index in [2.05, 4.69) is 0 Å². The average molecular weight is 325 g/mol. The second kappa shape index (κ2) is 6.28. The fraction of sp³-hybridized carbons (Fsp3) is 0.133. The van der Waals surface area contributed by atoms with Crippen LogP contribution >= 0.6 is 10.7 Å². The molecule has 0 aliphatic heterocycles. The Morgan fingerprint density at radius 2 is 1.81 bits per heavy atom. The maximum Gasteiger partial charge on any atom is 0.338 e. The van der Waals surface area contributed by atoms with Gasteiger partial charge < -0.3 is 4.74 Å². The molecule has 0 N–H and O–H groups in total. The van der Waals surface area contributed by atoms with Crippen molar-refractivity contribution in [3.05, 3.63) is 54.1 Å². The van der Waals surface area contributed by atoms with Crippen molar-refractivity contribution in [2.45, 2.75) is 11.8 Å². The van der Waals surface area contributed by atoms with Crippen molar-refractivity contribution in [1.82, 2.24) is 0 Å². The topological polar surface area (TPSA) is 60.4 Å². The molecule has 6 heteroatoms. The summed E-state index contributed by atoms with van der Waals surface area (Å²) in [6.07, 6.45) is 0. The van der Waals surface area contributed by atoms with Crippen LogP contribution in [0, 0.1) is 0 Å². The third kappa shape index (κ3) is 3.62. The SMILES string of the molecule is CCOC(=O)c1ccc(S(=O)(=O)Cl)c(-c2ccccc2)c1. The van der Waals surface area contributed by atoms with Crippen LogP contribution in [0.2, 0.25) is 0 Å². The summed E-state index contributed by atoms with van der Waals surface area (Å²) in [5, 5.41) is 0. The van der Waals surface area contributed by atoms with Gasteiger partial charge in [0.25, 0.3) is 9.05 Å². The Morgan fingerprint density at radius 1 is 1.14 bits per heavy atom. The quantitative estimate of drug-likeness (QED) is 0.638. The van der Waals surface area contributed by atoms with Gasteiger partial charge in [-0.05, 0) is 30.7 Å². The second-order valence-corrected chi connectivity index (χ2v) is 6.77. The van der Waals surface area contributed by atoms with Crippen LogP contribution in [-0.4, -0.2) is 21.0 Å². The molecule has 4 nitrogen and oxygen atoms in total. The van der Waals surface area contributed by atoms with Gasteiger partial charge in [-0.1, -0.05) is 30.3 Å². The van der Waals surface area contributed by atoms with E-state index in [1.807, 2.05) is 6.07 Å². The summed E-state index contributed by atoms with van der Waals surface area (Å²) in [6, 6.07) is 13.0. The van der Waals surface area contributed by atoms with E-state index in [0.29, 0.717) is 11.1 Å². The van der Waals surface area contributed by atoms with Crippen molar-refractivity contribution >= 4 is 25.7 Å². The number of rotatable bonds is 4. The van der Waals surface area contributed by atoms with Gasteiger partial charge in [-0.3, -0.25) is 0 Å². The summed E-state index contributed by atoms with van der Waals surface area (Å²) < 4.78 is 28.3. The number of halogens is 1. The van der Waals surface area contributed by atoms with Crippen LogP contribution in [0.15, 0.2) is 53.4 Å². The van der Waals surface area contributed by atoms with Crippen LogP contribution in [0.3, 0.4) is 0 Å². The van der Waals surface area contributed by atoms with Gasteiger partial charge in [0, 0.05) is 16.2 Å². The lowest BCUT2D eigenvalue weighted by atomic mass is 10.0. The monoisotopic (exact) mass is 324 g/mol. The van der Waals surface area contributed by atoms with E-state index in [0.717, 1.165) is 0 Å². The molecule has 0 unspecified atom stereocenters. The van der Waals surface area contributed by atoms with Crippen LogP contribution in [-0.2, 0) is 13.8 Å². The predicted molar refractivity (Wildman–Crippen MR) is 80.9 cm³/mol. The number of hydrogen-bond acceptors (Lipinski definition) is 4. The molecule has 0 radical (unpaired) electrons. The van der Waals surface area contributed by atoms with Crippen LogP contribution < -0.4 is 0 Å². The summed E-state index contributed by atoms with van der Waals surface area (Å²) >= 11 is 0. The van der Waals surface area contributed by atoms with Gasteiger partial charge in [0.15, 0.2) is 0 Å². The van der Waals surface area contributed by atoms with Crippen molar-refractivity contribution in [2.24, 2.45) is 0 Å². The Hall–Kier alpha value is -1.85. The number of esters is 1. The minimum absolute atomic E-state index is 0.0385. The van der Waals surface area contributed by atoms with Crippen LogP contribution in [0.4, 0.5) is 0 Å². The van der Waals surface area contributed by atoms with Crippen molar-refractivity contribution < 1.29 is 17.9 Å². The molecule has 0 amide bonds. The molecular formula is C15H13ClO4S. The number of carbonyl (C=O) groups excluding carboxylic acids is 1. The fourth-order valence-electron chi connectivity index (χ4n) is 1.93. The molecule has 0 fully saturated rings. The van der Waals surface area contributed by atoms with Crippen molar-refractivity contribution in [2.75, 3.05) is 6.61 Å². The van der Waals surface area contributed by atoms with Gasteiger partial charge in [0.2, 0.25) is 0 Å². The molecular weight excluding hydrogens is 312 g/mol. The maximum atomic E-state index is 11.8. The number of carbonyl (C=O) groups is 1. The van der Waals surface area contributed by atoms with Gasteiger partial charge in [0.1, 0.15) is 0 Å². The fourth-order valence-corrected chi connectivity index (χ4v) is 3.00. The molecule has 0 aliphatic rings. The smallest absolute Gasteiger partial charge is 0.338 e. The van der Waals surface area contributed by atoms with Gasteiger partial charge >= 0.3 is 5.97 Å². The Labute approximate surface area is 127 Å². The standard InChI is InChI=1S/C15H13ClO4S/c1-2-20-15(17)12-8-9-14(21(16,18)19)13(10-12)11-6-4-3-5-7-11/h3-10H,2H2,1H3. The molecule has 0 saturated heterocycles. The second-order valence-electron chi connectivity index (χ2n) is 4.24. The Morgan fingerprint density at radius 3 is 2.38 bits per heavy atom. The molecule has 2 rings (SSSR count). The minimum atomic E-state index is -3.92. The van der Waals surface area contributed by atoms with Gasteiger partial charge in [-0.25, -0.2) is 13.2 Å². The minimum Gasteiger partial charge on any atom is -0.462 e. The van der Waals surface area contributed by atoms with Crippen molar-refractivity contribution in [3.63, 3.8) is 0 Å². The van der Waals surface area contributed by atoms with Crippen molar-refractivity contribution in [3.8, 4) is 11.1 Å². The highest BCUT2D eigenvalue weighted by Gasteiger charge is 2.19. The molecule has 0 spiro atoms. The van der Waals surface area contributed by atoms with Gasteiger partial charge in [0.05, 0.1) is 17.1 Å². The zero-order chi connectivity index (χ0) is 15.5. The summed E-state index contributed by atoms with van der Waals surface area (Å²) in [7, 11) is 1.55. The predicted octanol–water partition coefficient (Wildman–Crippen LogP) is 3.46. The number of ether oxygens (including phenoxy) is 1. The van der Waals surface area contributed by atoms with Gasteiger partial charge in [-0.15, -0.1) is 0 Å². The summed E-state index contributed by atoms with van der Waals surface area (Å²) in [5.41, 5.74) is 1.30. The Balaban J connectivity index is 2.63. The molecule has 0 saturated carbocycles. The molecule has 0 bridgehead atoms. The Kier molecular flexibility index (Phi) is 4.65. The third-order valence-electron chi connectivity index (χ3n) is 2.84. The van der Waals surface area contributed by atoms with E-state index in [9.17, 15) is 13.2 Å². The third-order valence-corrected chi connectivity index (χ3v) is 4.22. The van der Waals surface area contributed by atoms with Crippen LogP contribution in [0.1, 0.15) is 17.3 Å². The van der Waals surface area contributed by atoms with E-state index < -0.39 is 15.0 Å². The first kappa shape index (κ1) is 15.5. The molecule has 0 heterocycles. The molecule has 21 heavy (non-hydrogen) atoms. The highest BCUT2D eigenvalue weighted by molar-refractivity contribution is 8.13. The molecule has 2 aromatic carbocycles. The van der Waals surface area contributed by atoms with E-state index in [-0.39, 0.29) is 17.1 Å². The lowest BCUT2D eigenvalue weighted by molar-refractivity contribution is 0.0526. The summed E-state index contributed by atoms with van der Waals surface area (Å²) in [5.74, 6) is -0.506. The van der Waals surface area contributed by atoms with E-state index >= 15 is 0 Å². The summed E-state index contributed by atoms with van der Waals surface area (Å²) in [6.45, 7) is 1.95. The summed E-state index contributed by atoms with van der Waals surface area (Å²) in [4.78, 5) is 11.7. The highest BCUT2D eigenvalue weighted by atomic mass is 35.7. The largest absolute Gasteiger partial charge is 0.462 e. The number of hydrogen-bond donors (Lipinski definition) is 0. The first-order chi connectivity index (χ1) is 9.93. The van der Waals surface area contributed by atoms with Gasteiger partial charge in [-0.2, -0.15) is 0 Å². The molecule has 0 aromatic heterocycles. The van der Waals surface area contributed by atoms with Crippen LogP contribution in [0.5, 0.6) is 0 Å². The molecule has 0 atom stereocenters. The molecule has 0 aliphatic carbocycles. The Bertz CT molecular complexity index is 754. The zero-order valence-corrected chi connectivity index (χ0v) is 12.8. The van der Waals surface area contributed by atoms with Crippen LogP contribution in [0.25, 0.3) is 11.1 Å². The normalized spacial score (nSPS) is 11.1. The first-order valence-corrected chi connectivity index (χ1v) is 8.55.